The molecule has 0 aliphatic heterocycles. The first-order valence-electron chi connectivity index (χ1n) is 7.43. The molecule has 3 aromatic rings. The van der Waals surface area contributed by atoms with E-state index in [1.54, 1.807) is 16.7 Å². The molecule has 0 saturated heterocycles. The fraction of sp³-hybridized carbons (Fsp3) is 0.222. The number of hydrogen-bond donors (Lipinski definition) is 2. The summed E-state index contributed by atoms with van der Waals surface area (Å²) < 4.78 is 15.0. The van der Waals surface area contributed by atoms with Gasteiger partial charge in [0.05, 0.1) is 11.7 Å². The second kappa shape index (κ2) is 5.33. The maximum atomic E-state index is 13.2. The third-order valence-electron chi connectivity index (χ3n) is 3.94. The Hall–Kier alpha value is -2.89. The van der Waals surface area contributed by atoms with Gasteiger partial charge in [0.15, 0.2) is 11.4 Å². The average Bonchev–Trinajstić information content (AvgIpc) is 2.88. The standard InChI is InChI=1S/C18H17FN2O3/c1-18(2,3)12-9-21(11-6-4-10(19)5-7-11)13-8-20-15(17(23)24)16(22)14(12)13/h4-9,22H,1-3H3,(H,23,24). The minimum absolute atomic E-state index is 0.335. The molecule has 0 amide bonds. The van der Waals surface area contributed by atoms with Crippen molar-refractivity contribution in [2.24, 2.45) is 0 Å². The lowest BCUT2D eigenvalue weighted by Gasteiger charge is -2.18. The zero-order valence-electron chi connectivity index (χ0n) is 13.5. The van der Waals surface area contributed by atoms with Gasteiger partial charge in [-0.1, -0.05) is 20.8 Å². The second-order valence-corrected chi connectivity index (χ2v) is 6.66. The van der Waals surface area contributed by atoms with Crippen molar-refractivity contribution in [1.82, 2.24) is 9.55 Å². The Morgan fingerprint density at radius 3 is 2.38 bits per heavy atom. The van der Waals surface area contributed by atoms with Crippen LogP contribution >= 0.6 is 0 Å². The van der Waals surface area contributed by atoms with E-state index in [-0.39, 0.29) is 22.7 Å². The van der Waals surface area contributed by atoms with Gasteiger partial charge in [0, 0.05) is 17.3 Å². The van der Waals surface area contributed by atoms with Gasteiger partial charge in [-0.15, -0.1) is 0 Å². The number of aromatic nitrogens is 2. The van der Waals surface area contributed by atoms with Gasteiger partial charge in [-0.25, -0.2) is 14.2 Å². The summed E-state index contributed by atoms with van der Waals surface area (Å²) in [6, 6.07) is 5.92. The predicted octanol–water partition coefficient (Wildman–Crippen LogP) is 3.87. The van der Waals surface area contributed by atoms with E-state index in [0.29, 0.717) is 16.6 Å². The van der Waals surface area contributed by atoms with Gasteiger partial charge in [-0.2, -0.15) is 0 Å². The fourth-order valence-corrected chi connectivity index (χ4v) is 2.74. The Morgan fingerprint density at radius 1 is 1.21 bits per heavy atom. The average molecular weight is 328 g/mol. The summed E-state index contributed by atoms with van der Waals surface area (Å²) >= 11 is 0. The summed E-state index contributed by atoms with van der Waals surface area (Å²) in [4.78, 5) is 15.1. The number of benzene rings is 1. The first-order chi connectivity index (χ1) is 11.2. The van der Waals surface area contributed by atoms with Gasteiger partial charge in [0.2, 0.25) is 0 Å². The number of nitrogens with zero attached hydrogens (tertiary/aromatic N) is 2. The molecule has 0 fully saturated rings. The number of carboxylic acids is 1. The van der Waals surface area contributed by atoms with Gasteiger partial charge >= 0.3 is 5.97 Å². The molecule has 0 atom stereocenters. The van der Waals surface area contributed by atoms with Crippen molar-refractivity contribution in [1.29, 1.82) is 0 Å². The Balaban J connectivity index is 2.39. The van der Waals surface area contributed by atoms with Crippen LogP contribution in [-0.2, 0) is 5.41 Å². The number of carboxylic acid groups (broad SMARTS) is 1. The monoisotopic (exact) mass is 328 g/mol. The van der Waals surface area contributed by atoms with Crippen molar-refractivity contribution in [2.75, 3.05) is 0 Å². The molecular formula is C18H17FN2O3. The summed E-state index contributed by atoms with van der Waals surface area (Å²) in [6.07, 6.45) is 3.24. The third kappa shape index (κ3) is 2.50. The zero-order chi connectivity index (χ0) is 17.6. The molecule has 0 spiro atoms. The normalized spacial score (nSPS) is 11.8. The van der Waals surface area contributed by atoms with Crippen molar-refractivity contribution in [3.8, 4) is 11.4 Å². The molecule has 0 saturated carbocycles. The smallest absolute Gasteiger partial charge is 0.358 e. The molecule has 1 aromatic carbocycles. The van der Waals surface area contributed by atoms with Gasteiger partial charge < -0.3 is 14.8 Å². The van der Waals surface area contributed by atoms with Crippen LogP contribution in [0, 0.1) is 5.82 Å². The molecule has 5 nitrogen and oxygen atoms in total. The highest BCUT2D eigenvalue weighted by molar-refractivity contribution is 5.99. The Labute approximate surface area is 138 Å². The van der Waals surface area contributed by atoms with E-state index in [1.165, 1.54) is 18.3 Å². The molecule has 3 rings (SSSR count). The third-order valence-corrected chi connectivity index (χ3v) is 3.94. The minimum Gasteiger partial charge on any atom is -0.505 e. The fourth-order valence-electron chi connectivity index (χ4n) is 2.74. The van der Waals surface area contributed by atoms with Crippen LogP contribution in [0.3, 0.4) is 0 Å². The van der Waals surface area contributed by atoms with Gasteiger partial charge in [-0.3, -0.25) is 0 Å². The Morgan fingerprint density at radius 2 is 1.83 bits per heavy atom. The quantitative estimate of drug-likeness (QED) is 0.749. The summed E-state index contributed by atoms with van der Waals surface area (Å²) in [5.41, 5.74) is 1.32. The first-order valence-corrected chi connectivity index (χ1v) is 7.43. The van der Waals surface area contributed by atoms with Crippen molar-refractivity contribution >= 4 is 16.9 Å². The first kappa shape index (κ1) is 16.0. The van der Waals surface area contributed by atoms with E-state index in [2.05, 4.69) is 4.98 Å². The highest BCUT2D eigenvalue weighted by Gasteiger charge is 2.26. The number of carbonyl (C=O) groups is 1. The van der Waals surface area contributed by atoms with E-state index in [1.807, 2.05) is 27.0 Å². The number of aromatic carboxylic acids is 1. The number of aromatic hydroxyl groups is 1. The molecule has 0 aliphatic carbocycles. The molecule has 24 heavy (non-hydrogen) atoms. The molecule has 0 bridgehead atoms. The summed E-state index contributed by atoms with van der Waals surface area (Å²) in [7, 11) is 0. The van der Waals surface area contributed by atoms with E-state index in [0.717, 1.165) is 5.56 Å². The van der Waals surface area contributed by atoms with Crippen LogP contribution < -0.4 is 0 Å². The van der Waals surface area contributed by atoms with Gasteiger partial charge in [0.25, 0.3) is 0 Å². The molecule has 0 aliphatic rings. The van der Waals surface area contributed by atoms with Gasteiger partial charge in [-0.05, 0) is 35.2 Å². The highest BCUT2D eigenvalue weighted by atomic mass is 19.1. The topological polar surface area (TPSA) is 75.4 Å². The maximum Gasteiger partial charge on any atom is 0.358 e. The molecule has 0 radical (unpaired) electrons. The van der Waals surface area contributed by atoms with Crippen LogP contribution in [0.2, 0.25) is 0 Å². The number of halogens is 1. The molecule has 6 heteroatoms. The summed E-state index contributed by atoms with van der Waals surface area (Å²) in [5, 5.41) is 20.1. The van der Waals surface area contributed by atoms with Crippen molar-refractivity contribution < 1.29 is 19.4 Å². The van der Waals surface area contributed by atoms with Crippen molar-refractivity contribution in [2.45, 2.75) is 26.2 Å². The van der Waals surface area contributed by atoms with Crippen LogP contribution in [-0.4, -0.2) is 25.7 Å². The Kier molecular flexibility index (Phi) is 3.55. The van der Waals surface area contributed by atoms with E-state index < -0.39 is 5.97 Å². The minimum atomic E-state index is -1.29. The van der Waals surface area contributed by atoms with Crippen molar-refractivity contribution in [3.05, 3.63) is 53.7 Å². The molecular weight excluding hydrogens is 311 g/mol. The number of fused-ring (bicyclic) bond motifs is 1. The SMILES string of the molecule is CC(C)(C)c1cn(-c2ccc(F)cc2)c2cnc(C(=O)O)c(O)c12. The zero-order valence-corrected chi connectivity index (χ0v) is 13.5. The van der Waals surface area contributed by atoms with Crippen LogP contribution in [0.4, 0.5) is 4.39 Å². The van der Waals surface area contributed by atoms with Crippen LogP contribution in [0.1, 0.15) is 36.8 Å². The van der Waals surface area contributed by atoms with E-state index in [4.69, 9.17) is 0 Å². The number of hydrogen-bond acceptors (Lipinski definition) is 3. The Bertz CT molecular complexity index is 938. The molecule has 124 valence electrons. The lowest BCUT2D eigenvalue weighted by molar-refractivity contribution is 0.0687. The van der Waals surface area contributed by atoms with E-state index in [9.17, 15) is 19.4 Å². The molecule has 2 heterocycles. The van der Waals surface area contributed by atoms with Gasteiger partial charge in [0.1, 0.15) is 5.82 Å². The van der Waals surface area contributed by atoms with Crippen molar-refractivity contribution in [3.63, 3.8) is 0 Å². The van der Waals surface area contributed by atoms with Crippen LogP contribution in [0.15, 0.2) is 36.7 Å². The molecule has 2 N–H and O–H groups in total. The lowest BCUT2D eigenvalue weighted by atomic mass is 9.86. The molecule has 2 aromatic heterocycles. The lowest BCUT2D eigenvalue weighted by Crippen LogP contribution is -2.10. The number of pyridine rings is 1. The maximum absolute atomic E-state index is 13.2. The van der Waals surface area contributed by atoms with Crippen LogP contribution in [0.25, 0.3) is 16.6 Å². The highest BCUT2D eigenvalue weighted by Crippen LogP contribution is 2.39. The summed E-state index contributed by atoms with van der Waals surface area (Å²) in [5.74, 6) is -1.99. The van der Waals surface area contributed by atoms with E-state index >= 15 is 0 Å². The van der Waals surface area contributed by atoms with Crippen LogP contribution in [0.5, 0.6) is 5.75 Å². The second-order valence-electron chi connectivity index (χ2n) is 6.66. The number of rotatable bonds is 2. The molecule has 0 unspecified atom stereocenters. The largest absolute Gasteiger partial charge is 0.505 e. The predicted molar refractivity (Wildman–Crippen MR) is 88.4 cm³/mol. The summed E-state index contributed by atoms with van der Waals surface area (Å²) in [6.45, 7) is 5.91.